The van der Waals surface area contributed by atoms with E-state index in [-0.39, 0.29) is 10.8 Å². The maximum atomic E-state index is 13.2. The summed E-state index contributed by atoms with van der Waals surface area (Å²) >= 11 is 1.18. The summed E-state index contributed by atoms with van der Waals surface area (Å²) in [4.78, 5) is 12.6. The Balaban J connectivity index is 1.80. The lowest BCUT2D eigenvalue weighted by atomic mass is 10.2. The highest BCUT2D eigenvalue weighted by molar-refractivity contribution is 7.92. The van der Waals surface area contributed by atoms with Gasteiger partial charge in [-0.1, -0.05) is 41.7 Å². The predicted molar refractivity (Wildman–Crippen MR) is 107 cm³/mol. The molecule has 0 unspecified atom stereocenters. The van der Waals surface area contributed by atoms with E-state index in [1.165, 1.54) is 30.4 Å². The van der Waals surface area contributed by atoms with Crippen molar-refractivity contribution in [3.63, 3.8) is 0 Å². The molecule has 0 aliphatic heterocycles. The number of benzene rings is 2. The van der Waals surface area contributed by atoms with E-state index in [0.717, 1.165) is 28.3 Å². The van der Waals surface area contributed by atoms with Crippen LogP contribution in [0.25, 0.3) is 10.6 Å². The number of rotatable bonds is 6. The maximum Gasteiger partial charge on any atom is 0.249 e. The zero-order valence-electron chi connectivity index (χ0n) is 15.0. The van der Waals surface area contributed by atoms with E-state index in [2.05, 4.69) is 15.5 Å². The highest BCUT2D eigenvalue weighted by Crippen LogP contribution is 2.27. The van der Waals surface area contributed by atoms with E-state index < -0.39 is 27.8 Å². The van der Waals surface area contributed by atoms with E-state index in [1.54, 1.807) is 0 Å². The minimum absolute atomic E-state index is 0.189. The topological polar surface area (TPSA) is 92.3 Å². The van der Waals surface area contributed by atoms with Crippen LogP contribution in [0.5, 0.6) is 0 Å². The molecule has 0 radical (unpaired) electrons. The number of carbonyl (C=O) groups excluding carboxylic acids is 1. The monoisotopic (exact) mass is 420 g/mol. The molecule has 28 heavy (non-hydrogen) atoms. The average Bonchev–Trinajstić information content (AvgIpc) is 3.11. The molecule has 3 aromatic rings. The zero-order chi connectivity index (χ0) is 20.3. The van der Waals surface area contributed by atoms with E-state index >= 15 is 0 Å². The van der Waals surface area contributed by atoms with Gasteiger partial charge in [-0.05, 0) is 31.2 Å². The van der Waals surface area contributed by atoms with Crippen LogP contribution in [-0.2, 0) is 14.8 Å². The normalized spacial score (nSPS) is 12.4. The molecule has 2 aromatic carbocycles. The molecule has 0 saturated heterocycles. The van der Waals surface area contributed by atoms with Crippen molar-refractivity contribution in [1.82, 2.24) is 10.2 Å². The summed E-state index contributed by atoms with van der Waals surface area (Å²) in [7, 11) is -3.79. The van der Waals surface area contributed by atoms with Crippen LogP contribution in [0.4, 0.5) is 15.2 Å². The van der Waals surface area contributed by atoms with Gasteiger partial charge in [-0.2, -0.15) is 0 Å². The average molecular weight is 420 g/mol. The molecule has 1 amide bonds. The molecule has 3 rings (SSSR count). The van der Waals surface area contributed by atoms with Crippen LogP contribution >= 0.6 is 11.3 Å². The second kappa shape index (κ2) is 8.03. The van der Waals surface area contributed by atoms with Crippen LogP contribution in [0.15, 0.2) is 54.6 Å². The lowest BCUT2D eigenvalue weighted by molar-refractivity contribution is -0.116. The fourth-order valence-electron chi connectivity index (χ4n) is 2.58. The summed E-state index contributed by atoms with van der Waals surface area (Å²) < 4.78 is 38.6. The Morgan fingerprint density at radius 1 is 1.11 bits per heavy atom. The highest BCUT2D eigenvalue weighted by Gasteiger charge is 2.29. The summed E-state index contributed by atoms with van der Waals surface area (Å²) in [6, 6.07) is 13.1. The number of hydrogen-bond donors (Lipinski definition) is 1. The number of hydrogen-bond acceptors (Lipinski definition) is 6. The predicted octanol–water partition coefficient (Wildman–Crippen LogP) is 3.14. The van der Waals surface area contributed by atoms with Crippen LogP contribution in [0.2, 0.25) is 0 Å². The molecule has 7 nitrogen and oxygen atoms in total. The zero-order valence-corrected chi connectivity index (χ0v) is 16.7. The van der Waals surface area contributed by atoms with Crippen LogP contribution < -0.4 is 9.62 Å². The number of sulfonamides is 1. The Bertz CT molecular complexity index is 1070. The van der Waals surface area contributed by atoms with Gasteiger partial charge in [-0.3, -0.25) is 14.4 Å². The first-order valence-corrected chi connectivity index (χ1v) is 10.9. The molecule has 1 heterocycles. The number of aromatic nitrogens is 2. The van der Waals surface area contributed by atoms with Crippen molar-refractivity contribution in [2.24, 2.45) is 0 Å². The van der Waals surface area contributed by atoms with Gasteiger partial charge in [0.25, 0.3) is 0 Å². The van der Waals surface area contributed by atoms with E-state index in [0.29, 0.717) is 5.01 Å². The minimum atomic E-state index is -3.79. The van der Waals surface area contributed by atoms with Crippen molar-refractivity contribution in [2.75, 3.05) is 15.9 Å². The molecule has 0 aliphatic carbocycles. The molecule has 1 aromatic heterocycles. The van der Waals surface area contributed by atoms with Crippen molar-refractivity contribution in [1.29, 1.82) is 0 Å². The summed E-state index contributed by atoms with van der Waals surface area (Å²) in [5, 5.41) is 11.5. The number of halogens is 1. The van der Waals surface area contributed by atoms with Crippen molar-refractivity contribution in [2.45, 2.75) is 13.0 Å². The van der Waals surface area contributed by atoms with Crippen LogP contribution in [-0.4, -0.2) is 36.8 Å². The van der Waals surface area contributed by atoms with E-state index in [9.17, 15) is 17.6 Å². The Kier molecular flexibility index (Phi) is 5.71. The fraction of sp³-hybridized carbons (Fsp3) is 0.167. The SMILES string of the molecule is C[C@H](C(=O)Nc1nnc(-c2ccccc2)s1)N(c1ccc(F)cc1)S(C)(=O)=O. The fourth-order valence-corrected chi connectivity index (χ4v) is 4.50. The lowest BCUT2D eigenvalue weighted by Crippen LogP contribution is -2.45. The number of amides is 1. The van der Waals surface area contributed by atoms with E-state index in [4.69, 9.17) is 0 Å². The molecule has 0 aliphatic rings. The van der Waals surface area contributed by atoms with Gasteiger partial charge in [0.2, 0.25) is 21.1 Å². The van der Waals surface area contributed by atoms with Crippen LogP contribution in [0, 0.1) is 5.82 Å². The van der Waals surface area contributed by atoms with Crippen LogP contribution in [0.3, 0.4) is 0 Å². The van der Waals surface area contributed by atoms with Gasteiger partial charge in [0.15, 0.2) is 0 Å². The van der Waals surface area contributed by atoms with E-state index in [1.807, 2.05) is 30.3 Å². The van der Waals surface area contributed by atoms with Crippen molar-refractivity contribution in [3.8, 4) is 10.6 Å². The molecule has 0 fully saturated rings. The maximum absolute atomic E-state index is 13.2. The largest absolute Gasteiger partial charge is 0.299 e. The van der Waals surface area contributed by atoms with Gasteiger partial charge in [-0.25, -0.2) is 12.8 Å². The van der Waals surface area contributed by atoms with Gasteiger partial charge in [-0.15, -0.1) is 10.2 Å². The summed E-state index contributed by atoms with van der Waals surface area (Å²) in [6.07, 6.45) is 0.985. The third-order valence-electron chi connectivity index (χ3n) is 3.85. The lowest BCUT2D eigenvalue weighted by Gasteiger charge is -2.27. The Labute approximate surface area is 165 Å². The van der Waals surface area contributed by atoms with Crippen molar-refractivity contribution in [3.05, 3.63) is 60.4 Å². The smallest absolute Gasteiger partial charge is 0.249 e. The Morgan fingerprint density at radius 3 is 2.36 bits per heavy atom. The number of nitrogens with one attached hydrogen (secondary N) is 1. The molecule has 0 bridgehead atoms. The van der Waals surface area contributed by atoms with Gasteiger partial charge in [0.1, 0.15) is 16.9 Å². The summed E-state index contributed by atoms with van der Waals surface area (Å²) in [5.74, 6) is -1.08. The van der Waals surface area contributed by atoms with Crippen molar-refractivity contribution >= 4 is 38.1 Å². The highest BCUT2D eigenvalue weighted by atomic mass is 32.2. The molecular formula is C18H17FN4O3S2. The molecule has 0 spiro atoms. The molecular weight excluding hydrogens is 403 g/mol. The molecule has 10 heteroatoms. The standard InChI is InChI=1S/C18H17FN4O3S2/c1-12(23(28(2,25)26)15-10-8-14(19)9-11-15)16(24)20-18-22-21-17(27-18)13-6-4-3-5-7-13/h3-12H,1-2H3,(H,20,22,24)/t12-/m1/s1. The number of carbonyl (C=O) groups is 1. The molecule has 0 saturated carbocycles. The Hall–Kier alpha value is -2.85. The third kappa shape index (κ3) is 4.52. The van der Waals surface area contributed by atoms with Gasteiger partial charge < -0.3 is 0 Å². The molecule has 146 valence electrons. The second-order valence-electron chi connectivity index (χ2n) is 5.98. The molecule has 1 N–H and O–H groups in total. The number of nitrogens with zero attached hydrogens (tertiary/aromatic N) is 3. The van der Waals surface area contributed by atoms with Crippen molar-refractivity contribution < 1.29 is 17.6 Å². The molecule has 1 atom stereocenters. The first-order chi connectivity index (χ1) is 13.3. The summed E-state index contributed by atoms with van der Waals surface area (Å²) in [5.41, 5.74) is 1.05. The first-order valence-electron chi connectivity index (χ1n) is 8.20. The summed E-state index contributed by atoms with van der Waals surface area (Å²) in [6.45, 7) is 1.44. The number of anilines is 2. The third-order valence-corrected chi connectivity index (χ3v) is 5.97. The van der Waals surface area contributed by atoms with Gasteiger partial charge in [0.05, 0.1) is 11.9 Å². The minimum Gasteiger partial charge on any atom is -0.299 e. The first kappa shape index (κ1) is 19.9. The Morgan fingerprint density at radius 2 is 1.75 bits per heavy atom. The van der Waals surface area contributed by atoms with Crippen LogP contribution in [0.1, 0.15) is 6.92 Å². The second-order valence-corrected chi connectivity index (χ2v) is 8.82. The quantitative estimate of drug-likeness (QED) is 0.661. The van der Waals surface area contributed by atoms with Gasteiger partial charge >= 0.3 is 0 Å². The van der Waals surface area contributed by atoms with Gasteiger partial charge in [0, 0.05) is 5.56 Å².